The van der Waals surface area contributed by atoms with Crippen LogP contribution in [0.4, 0.5) is 0 Å². The van der Waals surface area contributed by atoms with Crippen molar-refractivity contribution >= 4 is 11.3 Å². The second-order valence-electron chi connectivity index (χ2n) is 5.93. The van der Waals surface area contributed by atoms with Crippen molar-refractivity contribution in [3.63, 3.8) is 0 Å². The van der Waals surface area contributed by atoms with Crippen LogP contribution in [0.3, 0.4) is 0 Å². The average Bonchev–Trinajstić information content (AvgIpc) is 2.93. The maximum Gasteiger partial charge on any atom is 0.0809 e. The van der Waals surface area contributed by atoms with Crippen LogP contribution >= 0.6 is 11.3 Å². The molecule has 2 nitrogen and oxygen atoms in total. The zero-order valence-corrected chi connectivity index (χ0v) is 11.9. The summed E-state index contributed by atoms with van der Waals surface area (Å²) in [7, 11) is 0. The van der Waals surface area contributed by atoms with Gasteiger partial charge in [-0.25, -0.2) is 0 Å². The molecule has 0 aromatic carbocycles. The third kappa shape index (κ3) is 5.19. The molecule has 1 fully saturated rings. The Hall–Kier alpha value is -0.380. The summed E-state index contributed by atoms with van der Waals surface area (Å²) in [4.78, 5) is 2.74. The minimum atomic E-state index is 0.187. The Bertz CT molecular complexity index is 349. The van der Waals surface area contributed by atoms with Gasteiger partial charge in [-0.1, -0.05) is 0 Å². The molecule has 1 aliphatic rings. The maximum absolute atomic E-state index is 5.69. The molecule has 0 saturated heterocycles. The van der Waals surface area contributed by atoms with Crippen LogP contribution in [0, 0.1) is 5.92 Å². The maximum atomic E-state index is 5.69. The standard InChI is InChI=1S/C14H23NOS/c1-14(2,3)15-8-12-6-7-13(17-12)10-16-9-11-4-5-11/h6-7,11,15H,4-5,8-10H2,1-3H3. The van der Waals surface area contributed by atoms with Crippen molar-refractivity contribution in [1.82, 2.24) is 5.32 Å². The zero-order valence-electron chi connectivity index (χ0n) is 11.1. The molecule has 1 aliphatic carbocycles. The normalized spacial score (nSPS) is 16.4. The fourth-order valence-electron chi connectivity index (χ4n) is 1.56. The van der Waals surface area contributed by atoms with E-state index in [2.05, 4.69) is 38.2 Å². The number of hydrogen-bond donors (Lipinski definition) is 1. The second kappa shape index (κ2) is 5.51. The third-order valence-corrected chi connectivity index (χ3v) is 3.86. The molecule has 17 heavy (non-hydrogen) atoms. The first-order valence-electron chi connectivity index (χ1n) is 6.43. The van der Waals surface area contributed by atoms with E-state index in [-0.39, 0.29) is 5.54 Å². The quantitative estimate of drug-likeness (QED) is 0.837. The van der Waals surface area contributed by atoms with Crippen molar-refractivity contribution in [3.05, 3.63) is 21.9 Å². The minimum Gasteiger partial charge on any atom is -0.376 e. The van der Waals surface area contributed by atoms with Gasteiger partial charge in [-0.15, -0.1) is 11.3 Å². The molecule has 1 saturated carbocycles. The van der Waals surface area contributed by atoms with Crippen LogP contribution in [0.15, 0.2) is 12.1 Å². The highest BCUT2D eigenvalue weighted by atomic mass is 32.1. The molecule has 3 heteroatoms. The number of rotatable bonds is 6. The van der Waals surface area contributed by atoms with Crippen molar-refractivity contribution in [1.29, 1.82) is 0 Å². The first-order chi connectivity index (χ1) is 8.03. The van der Waals surface area contributed by atoms with Crippen molar-refractivity contribution in [2.75, 3.05) is 6.61 Å². The smallest absolute Gasteiger partial charge is 0.0809 e. The van der Waals surface area contributed by atoms with Crippen molar-refractivity contribution in [2.45, 2.75) is 52.3 Å². The summed E-state index contributed by atoms with van der Waals surface area (Å²) in [6, 6.07) is 4.40. The summed E-state index contributed by atoms with van der Waals surface area (Å²) in [6.07, 6.45) is 2.73. The molecular weight excluding hydrogens is 230 g/mol. The monoisotopic (exact) mass is 253 g/mol. The lowest BCUT2D eigenvalue weighted by atomic mass is 10.1. The topological polar surface area (TPSA) is 21.3 Å². The lowest BCUT2D eigenvalue weighted by molar-refractivity contribution is 0.113. The van der Waals surface area contributed by atoms with Gasteiger partial charge in [0.1, 0.15) is 0 Å². The number of hydrogen-bond acceptors (Lipinski definition) is 3. The largest absolute Gasteiger partial charge is 0.376 e. The molecule has 1 N–H and O–H groups in total. The Morgan fingerprint density at radius 2 is 2.00 bits per heavy atom. The van der Waals surface area contributed by atoms with E-state index in [4.69, 9.17) is 4.74 Å². The van der Waals surface area contributed by atoms with Crippen molar-refractivity contribution < 1.29 is 4.74 Å². The molecule has 1 aromatic heterocycles. The van der Waals surface area contributed by atoms with Gasteiger partial charge < -0.3 is 10.1 Å². The highest BCUT2D eigenvalue weighted by Gasteiger charge is 2.21. The Morgan fingerprint density at radius 1 is 1.29 bits per heavy atom. The summed E-state index contributed by atoms with van der Waals surface area (Å²) < 4.78 is 5.69. The van der Waals surface area contributed by atoms with Gasteiger partial charge in [-0.3, -0.25) is 0 Å². The second-order valence-corrected chi connectivity index (χ2v) is 7.18. The molecule has 0 spiro atoms. The van der Waals surface area contributed by atoms with Crippen LogP contribution in [0.1, 0.15) is 43.4 Å². The van der Waals surface area contributed by atoms with E-state index in [1.54, 1.807) is 0 Å². The van der Waals surface area contributed by atoms with Gasteiger partial charge in [0.05, 0.1) is 6.61 Å². The zero-order chi connectivity index (χ0) is 12.3. The van der Waals surface area contributed by atoms with Gasteiger partial charge >= 0.3 is 0 Å². The van der Waals surface area contributed by atoms with E-state index in [0.29, 0.717) is 0 Å². The molecule has 0 aliphatic heterocycles. The van der Waals surface area contributed by atoms with Gasteiger partial charge in [-0.05, 0) is 51.7 Å². The molecular formula is C14H23NOS. The van der Waals surface area contributed by atoms with Crippen LogP contribution < -0.4 is 5.32 Å². The van der Waals surface area contributed by atoms with E-state index in [0.717, 1.165) is 25.7 Å². The number of thiophene rings is 1. The summed E-state index contributed by atoms with van der Waals surface area (Å²) in [5.41, 5.74) is 0.187. The van der Waals surface area contributed by atoms with Crippen molar-refractivity contribution in [2.24, 2.45) is 5.92 Å². The van der Waals surface area contributed by atoms with Gasteiger partial charge in [-0.2, -0.15) is 0 Å². The van der Waals surface area contributed by atoms with Gasteiger partial charge in [0, 0.05) is 28.4 Å². The van der Waals surface area contributed by atoms with Crippen LogP contribution in [0.25, 0.3) is 0 Å². The van der Waals surface area contributed by atoms with Crippen LogP contribution in [-0.2, 0) is 17.9 Å². The van der Waals surface area contributed by atoms with Gasteiger partial charge in [0.15, 0.2) is 0 Å². The fourth-order valence-corrected chi connectivity index (χ4v) is 2.45. The van der Waals surface area contributed by atoms with E-state index in [1.165, 1.54) is 22.6 Å². The fraction of sp³-hybridized carbons (Fsp3) is 0.714. The Labute approximate surface area is 108 Å². The molecule has 0 unspecified atom stereocenters. The van der Waals surface area contributed by atoms with Crippen LogP contribution in [0.5, 0.6) is 0 Å². The lowest BCUT2D eigenvalue weighted by Gasteiger charge is -2.19. The van der Waals surface area contributed by atoms with Crippen molar-refractivity contribution in [3.8, 4) is 0 Å². The Balaban J connectivity index is 1.70. The third-order valence-electron chi connectivity index (χ3n) is 2.81. The molecule has 1 heterocycles. The average molecular weight is 253 g/mol. The molecule has 96 valence electrons. The lowest BCUT2D eigenvalue weighted by Crippen LogP contribution is -2.34. The molecule has 0 atom stereocenters. The SMILES string of the molecule is CC(C)(C)NCc1ccc(COCC2CC2)s1. The van der Waals surface area contributed by atoms with E-state index in [1.807, 2.05) is 11.3 Å². The van der Waals surface area contributed by atoms with Crippen LogP contribution in [0.2, 0.25) is 0 Å². The van der Waals surface area contributed by atoms with E-state index >= 15 is 0 Å². The summed E-state index contributed by atoms with van der Waals surface area (Å²) in [6.45, 7) is 9.28. The summed E-state index contributed by atoms with van der Waals surface area (Å²) >= 11 is 1.86. The first kappa shape index (κ1) is 13.1. The molecule has 1 aromatic rings. The number of ether oxygens (including phenoxy) is 1. The predicted molar refractivity (Wildman–Crippen MR) is 73.3 cm³/mol. The predicted octanol–water partition coefficient (Wildman–Crippen LogP) is 3.56. The van der Waals surface area contributed by atoms with Crippen LogP contribution in [-0.4, -0.2) is 12.1 Å². The Kier molecular flexibility index (Phi) is 4.23. The first-order valence-corrected chi connectivity index (χ1v) is 7.25. The molecule has 0 radical (unpaired) electrons. The van der Waals surface area contributed by atoms with E-state index in [9.17, 15) is 0 Å². The molecule has 0 bridgehead atoms. The molecule has 0 amide bonds. The van der Waals surface area contributed by atoms with Gasteiger partial charge in [0.25, 0.3) is 0 Å². The highest BCUT2D eigenvalue weighted by Crippen LogP contribution is 2.29. The Morgan fingerprint density at radius 3 is 2.65 bits per heavy atom. The van der Waals surface area contributed by atoms with E-state index < -0.39 is 0 Å². The summed E-state index contributed by atoms with van der Waals surface area (Å²) in [5.74, 6) is 0.858. The minimum absolute atomic E-state index is 0.187. The summed E-state index contributed by atoms with van der Waals surface area (Å²) in [5, 5.41) is 3.51. The number of nitrogens with one attached hydrogen (secondary N) is 1. The highest BCUT2D eigenvalue weighted by molar-refractivity contribution is 7.11. The molecule has 2 rings (SSSR count). The van der Waals surface area contributed by atoms with Gasteiger partial charge in [0.2, 0.25) is 0 Å².